The van der Waals surface area contributed by atoms with Crippen molar-refractivity contribution in [3.05, 3.63) is 91.0 Å². The lowest BCUT2D eigenvalue weighted by molar-refractivity contribution is -0.229. The maximum atomic E-state index is 14.5. The molecule has 0 aliphatic carbocycles. The molecule has 0 unspecified atom stereocenters. The fourth-order valence-electron chi connectivity index (χ4n) is 4.77. The predicted molar refractivity (Wildman–Crippen MR) is 138 cm³/mol. The number of hydrogen-bond acceptors (Lipinski definition) is 5. The first-order chi connectivity index (χ1) is 16.2. The third kappa shape index (κ3) is 5.67. The maximum Gasteiger partial charge on any atom is 0.277 e. The summed E-state index contributed by atoms with van der Waals surface area (Å²) in [6.07, 6.45) is 1.55. The van der Waals surface area contributed by atoms with Gasteiger partial charge < -0.3 is 9.53 Å². The molecule has 1 saturated heterocycles. The van der Waals surface area contributed by atoms with E-state index in [1.165, 1.54) is 0 Å². The monoisotopic (exact) mass is 479 g/mol. The zero-order chi connectivity index (χ0) is 24.8. The van der Waals surface area contributed by atoms with Crippen LogP contribution in [0.15, 0.2) is 91.0 Å². The minimum atomic E-state index is -3.35. The minimum Gasteiger partial charge on any atom is -0.490 e. The molecule has 3 aromatic carbocycles. The third-order valence-electron chi connectivity index (χ3n) is 5.99. The molecule has 6 heteroatoms. The number of benzene rings is 3. The molecule has 0 saturated carbocycles. The molecule has 5 nitrogen and oxygen atoms in total. The van der Waals surface area contributed by atoms with E-state index in [0.717, 1.165) is 18.6 Å². The lowest BCUT2D eigenvalue weighted by atomic mass is 9.80. The summed E-state index contributed by atoms with van der Waals surface area (Å²) in [5.74, 6) is 0.873. The number of carbonyl (C=O) groups is 1. The highest BCUT2D eigenvalue weighted by Crippen LogP contribution is 2.51. The molecule has 0 bridgehead atoms. The Balaban J connectivity index is 0.00000158. The van der Waals surface area contributed by atoms with Crippen molar-refractivity contribution in [2.24, 2.45) is 0 Å². The normalized spacial score (nSPS) is 17.9. The standard InChI is InChI=1S/C27H32NO3P.CH2O/c1-26(2)20-23(30-22-14-8-5-9-15-22)21-27(3,4)28(26)31-32(29,24-16-10-6-11-17-24)25-18-12-7-13-19-25;1-2/h5-19,23H,20-21H2,1-4H3;1H2. The van der Waals surface area contributed by atoms with Crippen molar-refractivity contribution in [1.29, 1.82) is 0 Å². The molecule has 1 fully saturated rings. The highest BCUT2D eigenvalue weighted by Gasteiger charge is 2.50. The van der Waals surface area contributed by atoms with Gasteiger partial charge in [-0.15, -0.1) is 0 Å². The molecular weight excluding hydrogens is 445 g/mol. The summed E-state index contributed by atoms with van der Waals surface area (Å²) in [6.45, 7) is 10.5. The highest BCUT2D eigenvalue weighted by atomic mass is 31.2. The molecule has 1 aliphatic rings. The Bertz CT molecular complexity index is 1030. The van der Waals surface area contributed by atoms with Gasteiger partial charge in [-0.05, 0) is 64.1 Å². The quantitative estimate of drug-likeness (QED) is 0.421. The van der Waals surface area contributed by atoms with Gasteiger partial charge in [-0.25, -0.2) is 4.62 Å². The lowest BCUT2D eigenvalue weighted by Gasteiger charge is -2.54. The minimum absolute atomic E-state index is 0.0371. The van der Waals surface area contributed by atoms with Crippen LogP contribution in [-0.4, -0.2) is 29.0 Å². The van der Waals surface area contributed by atoms with Crippen LogP contribution in [0, 0.1) is 0 Å². The van der Waals surface area contributed by atoms with Crippen molar-refractivity contribution in [2.45, 2.75) is 57.7 Å². The Morgan fingerprint density at radius 2 is 1.12 bits per heavy atom. The summed E-state index contributed by atoms with van der Waals surface area (Å²) in [6, 6.07) is 29.0. The molecule has 3 aromatic rings. The summed E-state index contributed by atoms with van der Waals surface area (Å²) < 4.78 is 27.5. The molecule has 0 atom stereocenters. The van der Waals surface area contributed by atoms with Crippen LogP contribution in [0.4, 0.5) is 0 Å². The molecule has 0 spiro atoms. The summed E-state index contributed by atoms with van der Waals surface area (Å²) in [5.41, 5.74) is -0.777. The van der Waals surface area contributed by atoms with Crippen molar-refractivity contribution < 1.29 is 18.7 Å². The summed E-state index contributed by atoms with van der Waals surface area (Å²) >= 11 is 0. The van der Waals surface area contributed by atoms with Crippen LogP contribution in [0.5, 0.6) is 5.75 Å². The smallest absolute Gasteiger partial charge is 0.277 e. The van der Waals surface area contributed by atoms with E-state index in [2.05, 4.69) is 27.7 Å². The van der Waals surface area contributed by atoms with Crippen molar-refractivity contribution in [2.75, 3.05) is 0 Å². The van der Waals surface area contributed by atoms with Gasteiger partial charge in [0.15, 0.2) is 0 Å². The van der Waals surface area contributed by atoms with E-state index in [1.807, 2.05) is 103 Å². The van der Waals surface area contributed by atoms with E-state index < -0.39 is 7.37 Å². The number of carbonyl (C=O) groups excluding carboxylic acids is 1. The fraction of sp³-hybridized carbons (Fsp3) is 0.321. The number of hydrogen-bond donors (Lipinski definition) is 0. The average Bonchev–Trinajstić information content (AvgIpc) is 2.84. The van der Waals surface area contributed by atoms with Crippen molar-refractivity contribution in [3.63, 3.8) is 0 Å². The number of ether oxygens (including phenoxy) is 1. The van der Waals surface area contributed by atoms with E-state index in [1.54, 1.807) is 0 Å². The Morgan fingerprint density at radius 3 is 1.53 bits per heavy atom. The van der Waals surface area contributed by atoms with Crippen molar-refractivity contribution in [3.8, 4) is 5.75 Å². The van der Waals surface area contributed by atoms with E-state index in [9.17, 15) is 4.57 Å². The second-order valence-corrected chi connectivity index (χ2v) is 12.0. The number of piperidine rings is 1. The number of hydroxylamine groups is 2. The van der Waals surface area contributed by atoms with Crippen LogP contribution in [0.3, 0.4) is 0 Å². The van der Waals surface area contributed by atoms with Crippen LogP contribution in [0.25, 0.3) is 0 Å². The second-order valence-electron chi connectivity index (χ2n) is 9.68. The first-order valence-electron chi connectivity index (χ1n) is 11.4. The van der Waals surface area contributed by atoms with Gasteiger partial charge in [0.2, 0.25) is 0 Å². The first-order valence-corrected chi connectivity index (χ1v) is 13.1. The van der Waals surface area contributed by atoms with Crippen LogP contribution < -0.4 is 15.3 Å². The molecule has 0 amide bonds. The van der Waals surface area contributed by atoms with Gasteiger partial charge in [0.05, 0.1) is 0 Å². The maximum absolute atomic E-state index is 14.5. The Morgan fingerprint density at radius 1 is 0.735 bits per heavy atom. The zero-order valence-electron chi connectivity index (χ0n) is 20.4. The molecule has 0 radical (unpaired) electrons. The molecule has 1 aliphatic heterocycles. The summed E-state index contributed by atoms with van der Waals surface area (Å²) in [7, 11) is -3.35. The van der Waals surface area contributed by atoms with Crippen LogP contribution in [0.2, 0.25) is 0 Å². The van der Waals surface area contributed by atoms with Gasteiger partial charge in [0.25, 0.3) is 7.37 Å². The highest BCUT2D eigenvalue weighted by molar-refractivity contribution is 7.74. The molecule has 180 valence electrons. The van der Waals surface area contributed by atoms with Gasteiger partial charge in [-0.1, -0.05) is 54.6 Å². The molecule has 4 rings (SSSR count). The summed E-state index contributed by atoms with van der Waals surface area (Å²) in [5, 5.41) is 3.35. The number of rotatable bonds is 6. The molecule has 0 aromatic heterocycles. The van der Waals surface area contributed by atoms with E-state index in [-0.39, 0.29) is 17.2 Å². The van der Waals surface area contributed by atoms with Gasteiger partial charge in [0.1, 0.15) is 18.6 Å². The van der Waals surface area contributed by atoms with Crippen LogP contribution in [0.1, 0.15) is 40.5 Å². The van der Waals surface area contributed by atoms with Gasteiger partial charge in [0, 0.05) is 34.5 Å². The van der Waals surface area contributed by atoms with Crippen molar-refractivity contribution >= 4 is 24.8 Å². The summed E-state index contributed by atoms with van der Waals surface area (Å²) in [4.78, 5) is 8.00. The fourth-order valence-corrected chi connectivity index (χ4v) is 7.06. The molecule has 0 N–H and O–H groups in total. The number of para-hydroxylation sites is 1. The zero-order valence-corrected chi connectivity index (χ0v) is 21.3. The van der Waals surface area contributed by atoms with E-state index in [4.69, 9.17) is 14.2 Å². The van der Waals surface area contributed by atoms with Crippen LogP contribution >= 0.6 is 7.37 Å². The van der Waals surface area contributed by atoms with E-state index in [0.29, 0.717) is 10.6 Å². The average molecular weight is 480 g/mol. The molecule has 1 heterocycles. The molecular formula is C28H34NO4P. The topological polar surface area (TPSA) is 55.8 Å². The number of nitrogens with zero attached hydrogens (tertiary/aromatic N) is 1. The third-order valence-corrected chi connectivity index (χ3v) is 8.34. The van der Waals surface area contributed by atoms with Crippen LogP contribution in [-0.2, 0) is 14.0 Å². The largest absolute Gasteiger partial charge is 0.490 e. The van der Waals surface area contributed by atoms with Gasteiger partial charge in [-0.3, -0.25) is 4.57 Å². The Kier molecular flexibility index (Phi) is 8.14. The second kappa shape index (κ2) is 10.7. The Labute approximate surface area is 203 Å². The van der Waals surface area contributed by atoms with Gasteiger partial charge >= 0.3 is 0 Å². The van der Waals surface area contributed by atoms with E-state index >= 15 is 0 Å². The lowest BCUT2D eigenvalue weighted by Crippen LogP contribution is -2.62. The van der Waals surface area contributed by atoms with Crippen molar-refractivity contribution in [1.82, 2.24) is 5.06 Å². The predicted octanol–water partition coefficient (Wildman–Crippen LogP) is 5.76. The Hall–Kier alpha value is -2.72. The van der Waals surface area contributed by atoms with Gasteiger partial charge in [-0.2, -0.15) is 5.06 Å². The molecule has 34 heavy (non-hydrogen) atoms. The first kappa shape index (κ1) is 25.9. The SMILES string of the molecule is C=O.CC1(C)CC(Oc2ccccc2)CC(C)(C)N1OP(=O)(c1ccccc1)c1ccccc1.